The summed E-state index contributed by atoms with van der Waals surface area (Å²) in [7, 11) is 0. The van der Waals surface area contributed by atoms with Crippen molar-refractivity contribution in [1.82, 2.24) is 10.2 Å². The highest BCUT2D eigenvalue weighted by Crippen LogP contribution is 2.42. The molecular formula is C27H34N2O. The van der Waals surface area contributed by atoms with Gasteiger partial charge in [0, 0.05) is 25.7 Å². The van der Waals surface area contributed by atoms with Crippen LogP contribution >= 0.6 is 0 Å². The normalized spacial score (nSPS) is 28.2. The average Bonchev–Trinajstić information content (AvgIpc) is 3.36. The summed E-state index contributed by atoms with van der Waals surface area (Å²) in [6.45, 7) is 3.32. The Hall–Kier alpha value is -2.13. The molecule has 0 radical (unpaired) electrons. The van der Waals surface area contributed by atoms with Crippen LogP contribution in [0.5, 0.6) is 0 Å². The summed E-state index contributed by atoms with van der Waals surface area (Å²) in [6, 6.07) is 21.7. The fourth-order valence-corrected chi connectivity index (χ4v) is 6.37. The van der Waals surface area contributed by atoms with Gasteiger partial charge in [-0.15, -0.1) is 0 Å². The zero-order chi connectivity index (χ0) is 20.4. The number of carbonyl (C=O) groups excluding carboxylic acids is 1. The summed E-state index contributed by atoms with van der Waals surface area (Å²) in [5.74, 6) is 1.63. The van der Waals surface area contributed by atoms with Gasteiger partial charge in [0.2, 0.25) is 5.91 Å². The zero-order valence-electron chi connectivity index (χ0n) is 17.9. The Morgan fingerprint density at radius 1 is 0.900 bits per heavy atom. The lowest BCUT2D eigenvalue weighted by Crippen LogP contribution is -2.50. The maximum Gasteiger partial charge on any atom is 0.230 e. The van der Waals surface area contributed by atoms with Crippen LogP contribution in [0.3, 0.4) is 0 Å². The molecule has 3 nitrogen and oxygen atoms in total. The summed E-state index contributed by atoms with van der Waals surface area (Å²) in [4.78, 5) is 16.3. The van der Waals surface area contributed by atoms with E-state index in [1.165, 1.54) is 30.5 Å². The van der Waals surface area contributed by atoms with Gasteiger partial charge in [-0.3, -0.25) is 9.69 Å². The van der Waals surface area contributed by atoms with Crippen molar-refractivity contribution in [2.75, 3.05) is 13.1 Å². The van der Waals surface area contributed by atoms with E-state index in [0.717, 1.165) is 51.1 Å². The zero-order valence-corrected chi connectivity index (χ0v) is 17.9. The van der Waals surface area contributed by atoms with E-state index >= 15 is 0 Å². The molecule has 1 heterocycles. The van der Waals surface area contributed by atoms with Crippen molar-refractivity contribution in [3.05, 3.63) is 71.8 Å². The minimum absolute atomic E-state index is 0.292. The number of hydrogen-bond acceptors (Lipinski definition) is 2. The second-order valence-corrected chi connectivity index (χ2v) is 9.77. The van der Waals surface area contributed by atoms with E-state index in [-0.39, 0.29) is 5.41 Å². The van der Waals surface area contributed by atoms with Crippen LogP contribution in [-0.4, -0.2) is 29.9 Å². The largest absolute Gasteiger partial charge is 0.352 e. The number of benzene rings is 2. The fraction of sp³-hybridized carbons (Fsp3) is 0.519. The van der Waals surface area contributed by atoms with Crippen LogP contribution in [-0.2, 0) is 16.8 Å². The van der Waals surface area contributed by atoms with Gasteiger partial charge in [-0.05, 0) is 48.6 Å². The van der Waals surface area contributed by atoms with Crippen molar-refractivity contribution in [3.63, 3.8) is 0 Å². The fourth-order valence-electron chi connectivity index (χ4n) is 6.37. The van der Waals surface area contributed by atoms with E-state index in [1.807, 2.05) is 0 Å². The number of likely N-dealkylation sites (tertiary alicyclic amines) is 1. The minimum Gasteiger partial charge on any atom is -0.352 e. The Balaban J connectivity index is 1.28. The van der Waals surface area contributed by atoms with Gasteiger partial charge in [0.1, 0.15) is 0 Å². The Morgan fingerprint density at radius 3 is 2.33 bits per heavy atom. The molecule has 0 aromatic heterocycles. The first kappa shape index (κ1) is 19.8. The number of nitrogens with zero attached hydrogens (tertiary/aromatic N) is 1. The molecule has 1 saturated heterocycles. The lowest BCUT2D eigenvalue weighted by Gasteiger charge is -2.38. The monoisotopic (exact) mass is 402 g/mol. The molecule has 30 heavy (non-hydrogen) atoms. The molecule has 2 aliphatic carbocycles. The number of rotatable bonds is 5. The smallest absolute Gasteiger partial charge is 0.230 e. The maximum atomic E-state index is 13.7. The summed E-state index contributed by atoms with van der Waals surface area (Å²) >= 11 is 0. The first-order valence-corrected chi connectivity index (χ1v) is 11.9. The predicted octanol–water partition coefficient (Wildman–Crippen LogP) is 4.92. The first-order chi connectivity index (χ1) is 14.7. The number of amides is 1. The average molecular weight is 403 g/mol. The van der Waals surface area contributed by atoms with Crippen LogP contribution in [0.15, 0.2) is 60.7 Å². The van der Waals surface area contributed by atoms with Crippen LogP contribution in [0.25, 0.3) is 0 Å². The second-order valence-electron chi connectivity index (χ2n) is 9.77. The Bertz CT molecular complexity index is 844. The van der Waals surface area contributed by atoms with Gasteiger partial charge in [0.05, 0.1) is 5.41 Å². The van der Waals surface area contributed by atoms with Crippen molar-refractivity contribution < 1.29 is 4.79 Å². The molecule has 2 saturated carbocycles. The molecular weight excluding hydrogens is 368 g/mol. The molecule has 0 spiro atoms. The summed E-state index contributed by atoms with van der Waals surface area (Å²) in [5, 5.41) is 3.58. The molecule has 158 valence electrons. The van der Waals surface area contributed by atoms with Crippen LogP contribution < -0.4 is 5.32 Å². The molecule has 3 aliphatic rings. The topological polar surface area (TPSA) is 32.3 Å². The van der Waals surface area contributed by atoms with Crippen molar-refractivity contribution in [2.24, 2.45) is 11.8 Å². The number of nitrogens with one attached hydrogen (secondary N) is 1. The van der Waals surface area contributed by atoms with Gasteiger partial charge in [-0.1, -0.05) is 79.9 Å². The lowest BCUT2D eigenvalue weighted by molar-refractivity contribution is -0.129. The molecule has 0 bridgehead atoms. The molecule has 2 aromatic rings. The third kappa shape index (κ3) is 3.80. The lowest BCUT2D eigenvalue weighted by atomic mass is 9.68. The van der Waals surface area contributed by atoms with Gasteiger partial charge >= 0.3 is 0 Å². The standard InChI is InChI=1S/C27H34N2O/c30-26(27(16-8-3-9-17-27)23-12-6-2-7-13-23)28-25-15-14-22-19-29(20-24(22)25)18-21-10-4-1-5-11-21/h1-2,4-7,10-13,22,24-25H,3,8-9,14-20H2,(H,28,30). The van der Waals surface area contributed by atoms with Gasteiger partial charge in [0.15, 0.2) is 0 Å². The molecule has 1 N–H and O–H groups in total. The SMILES string of the molecule is O=C(NC1CCC2CN(Cc3ccccc3)CC21)C1(c2ccccc2)CCCCC1. The summed E-state index contributed by atoms with van der Waals surface area (Å²) in [6.07, 6.45) is 7.94. The van der Waals surface area contributed by atoms with E-state index in [2.05, 4.69) is 70.9 Å². The number of hydrogen-bond donors (Lipinski definition) is 1. The molecule has 5 rings (SSSR count). The van der Waals surface area contributed by atoms with Gasteiger partial charge in [-0.2, -0.15) is 0 Å². The maximum absolute atomic E-state index is 13.7. The molecule has 1 aliphatic heterocycles. The van der Waals surface area contributed by atoms with Crippen molar-refractivity contribution in [2.45, 2.75) is 62.9 Å². The highest BCUT2D eigenvalue weighted by Gasteiger charge is 2.46. The van der Waals surface area contributed by atoms with E-state index in [9.17, 15) is 4.79 Å². The summed E-state index contributed by atoms with van der Waals surface area (Å²) in [5.41, 5.74) is 2.29. The molecule has 3 heteroatoms. The van der Waals surface area contributed by atoms with Crippen molar-refractivity contribution >= 4 is 5.91 Å². The van der Waals surface area contributed by atoms with E-state index in [4.69, 9.17) is 0 Å². The van der Waals surface area contributed by atoms with Gasteiger partial charge in [-0.25, -0.2) is 0 Å². The van der Waals surface area contributed by atoms with Crippen LogP contribution in [0, 0.1) is 11.8 Å². The Morgan fingerprint density at radius 2 is 1.60 bits per heavy atom. The second kappa shape index (κ2) is 8.55. The third-order valence-electron chi connectivity index (χ3n) is 7.97. The minimum atomic E-state index is -0.320. The van der Waals surface area contributed by atoms with E-state index in [1.54, 1.807) is 0 Å². The number of fused-ring (bicyclic) bond motifs is 1. The third-order valence-corrected chi connectivity index (χ3v) is 7.97. The van der Waals surface area contributed by atoms with Crippen molar-refractivity contribution in [3.8, 4) is 0 Å². The molecule has 3 atom stereocenters. The van der Waals surface area contributed by atoms with Gasteiger partial charge in [0.25, 0.3) is 0 Å². The van der Waals surface area contributed by atoms with Crippen LogP contribution in [0.2, 0.25) is 0 Å². The van der Waals surface area contributed by atoms with Crippen LogP contribution in [0.4, 0.5) is 0 Å². The number of carbonyl (C=O) groups is 1. The Labute approximate surface area is 180 Å². The van der Waals surface area contributed by atoms with Crippen molar-refractivity contribution in [1.29, 1.82) is 0 Å². The highest BCUT2D eigenvalue weighted by molar-refractivity contribution is 5.88. The first-order valence-electron chi connectivity index (χ1n) is 11.9. The van der Waals surface area contributed by atoms with Crippen LogP contribution in [0.1, 0.15) is 56.1 Å². The predicted molar refractivity (Wildman–Crippen MR) is 121 cm³/mol. The molecule has 3 fully saturated rings. The molecule has 1 amide bonds. The van der Waals surface area contributed by atoms with E-state index < -0.39 is 0 Å². The molecule has 3 unspecified atom stereocenters. The summed E-state index contributed by atoms with van der Waals surface area (Å²) < 4.78 is 0. The molecule has 2 aromatic carbocycles. The quantitative estimate of drug-likeness (QED) is 0.770. The Kier molecular flexibility index (Phi) is 5.64. The highest BCUT2D eigenvalue weighted by atomic mass is 16.2. The van der Waals surface area contributed by atoms with Gasteiger partial charge < -0.3 is 5.32 Å². The van der Waals surface area contributed by atoms with E-state index in [0.29, 0.717) is 17.9 Å².